The molecule has 24 heavy (non-hydrogen) atoms. The minimum Gasteiger partial charge on any atom is -0.488 e. The van der Waals surface area contributed by atoms with Crippen molar-refractivity contribution >= 4 is 23.0 Å². The molecule has 0 spiro atoms. The Hall–Kier alpha value is -0.830. The first kappa shape index (κ1) is 19.5. The molecule has 1 saturated carbocycles. The third-order valence-electron chi connectivity index (χ3n) is 3.51. The third kappa shape index (κ3) is 6.96. The molecule has 136 valence electrons. The second-order valence-corrected chi connectivity index (χ2v) is 6.69. The molecule has 3 atom stereocenters. The highest BCUT2D eigenvalue weighted by atomic mass is 35.5. The highest BCUT2D eigenvalue weighted by molar-refractivity contribution is 7.75. The number of halogens is 4. The van der Waals surface area contributed by atoms with Gasteiger partial charge >= 0.3 is 17.5 Å². The SMILES string of the molecule is O=S(OCCC(F)(F)F)O[C@H]1CCCC[C@@H]1Oc1ccc(Cl)cc1. The summed E-state index contributed by atoms with van der Waals surface area (Å²) in [5.74, 6) is 0.601. The van der Waals surface area contributed by atoms with Crippen molar-refractivity contribution in [3.8, 4) is 5.75 Å². The fourth-order valence-corrected chi connectivity index (χ4v) is 3.17. The molecule has 0 amide bonds. The van der Waals surface area contributed by atoms with Crippen LogP contribution in [0.3, 0.4) is 0 Å². The average Bonchev–Trinajstić information content (AvgIpc) is 2.50. The first-order chi connectivity index (χ1) is 11.3. The van der Waals surface area contributed by atoms with Crippen molar-refractivity contribution < 1.29 is 30.5 Å². The van der Waals surface area contributed by atoms with Crippen LogP contribution in [0.1, 0.15) is 32.1 Å². The normalized spacial score (nSPS) is 23.0. The van der Waals surface area contributed by atoms with Crippen LogP contribution >= 0.6 is 11.6 Å². The van der Waals surface area contributed by atoms with Gasteiger partial charge in [-0.15, -0.1) is 0 Å². The van der Waals surface area contributed by atoms with Gasteiger partial charge in [0.25, 0.3) is 0 Å². The van der Waals surface area contributed by atoms with E-state index in [0.29, 0.717) is 23.6 Å². The molecule has 1 aromatic carbocycles. The van der Waals surface area contributed by atoms with Crippen molar-refractivity contribution in [2.75, 3.05) is 6.61 Å². The largest absolute Gasteiger partial charge is 0.488 e. The zero-order valence-corrected chi connectivity index (χ0v) is 14.3. The molecule has 1 aliphatic carbocycles. The predicted molar refractivity (Wildman–Crippen MR) is 84.0 cm³/mol. The van der Waals surface area contributed by atoms with Crippen LogP contribution in [0.25, 0.3) is 0 Å². The molecule has 0 bridgehead atoms. The molecule has 0 N–H and O–H groups in total. The van der Waals surface area contributed by atoms with Gasteiger partial charge in [0, 0.05) is 5.02 Å². The van der Waals surface area contributed by atoms with E-state index in [2.05, 4.69) is 4.18 Å². The molecular formula is C15H18ClF3O4S. The van der Waals surface area contributed by atoms with Crippen molar-refractivity contribution in [3.05, 3.63) is 29.3 Å². The zero-order chi connectivity index (χ0) is 17.6. The minimum absolute atomic E-state index is 0.338. The second kappa shape index (κ2) is 9.03. The Labute approximate surface area is 146 Å². The molecular weight excluding hydrogens is 369 g/mol. The van der Waals surface area contributed by atoms with E-state index in [-0.39, 0.29) is 6.10 Å². The molecule has 0 aliphatic heterocycles. The lowest BCUT2D eigenvalue weighted by atomic mass is 9.95. The maximum Gasteiger partial charge on any atom is 0.391 e. The Kier molecular flexibility index (Phi) is 7.34. The Morgan fingerprint density at radius 3 is 2.38 bits per heavy atom. The Morgan fingerprint density at radius 1 is 1.12 bits per heavy atom. The first-order valence-electron chi connectivity index (χ1n) is 7.54. The van der Waals surface area contributed by atoms with E-state index in [1.807, 2.05) is 0 Å². The molecule has 4 nitrogen and oxygen atoms in total. The lowest BCUT2D eigenvalue weighted by Crippen LogP contribution is -2.37. The van der Waals surface area contributed by atoms with Gasteiger partial charge in [0.05, 0.1) is 13.0 Å². The van der Waals surface area contributed by atoms with E-state index in [1.54, 1.807) is 24.3 Å². The molecule has 1 aliphatic rings. The third-order valence-corrected chi connectivity index (χ3v) is 4.53. The molecule has 2 rings (SSSR count). The minimum atomic E-state index is -4.35. The fourth-order valence-electron chi connectivity index (χ4n) is 2.35. The average molecular weight is 387 g/mol. The first-order valence-corrected chi connectivity index (χ1v) is 8.92. The second-order valence-electron chi connectivity index (χ2n) is 5.42. The van der Waals surface area contributed by atoms with Gasteiger partial charge in [-0.2, -0.15) is 17.4 Å². The number of hydrogen-bond donors (Lipinski definition) is 0. The van der Waals surface area contributed by atoms with Gasteiger partial charge in [-0.05, 0) is 43.5 Å². The molecule has 1 unspecified atom stereocenters. The molecule has 1 fully saturated rings. The summed E-state index contributed by atoms with van der Waals surface area (Å²) in [4.78, 5) is 0. The summed E-state index contributed by atoms with van der Waals surface area (Å²) in [6.45, 7) is -0.703. The highest BCUT2D eigenvalue weighted by Crippen LogP contribution is 2.27. The molecule has 0 aromatic heterocycles. The molecule has 0 heterocycles. The van der Waals surface area contributed by atoms with Crippen LogP contribution in [0.2, 0.25) is 5.02 Å². The van der Waals surface area contributed by atoms with Crippen molar-refractivity contribution in [3.63, 3.8) is 0 Å². The summed E-state index contributed by atoms with van der Waals surface area (Å²) in [6, 6.07) is 6.80. The smallest absolute Gasteiger partial charge is 0.391 e. The number of ether oxygens (including phenoxy) is 1. The van der Waals surface area contributed by atoms with Crippen LogP contribution in [0, 0.1) is 0 Å². The van der Waals surface area contributed by atoms with Crippen LogP contribution in [-0.4, -0.2) is 29.2 Å². The summed E-state index contributed by atoms with van der Waals surface area (Å²) in [5, 5.41) is 0.581. The van der Waals surface area contributed by atoms with Crippen LogP contribution in [0.15, 0.2) is 24.3 Å². The topological polar surface area (TPSA) is 44.8 Å². The monoisotopic (exact) mass is 386 g/mol. The number of hydrogen-bond acceptors (Lipinski definition) is 4. The quantitative estimate of drug-likeness (QED) is 0.687. The molecule has 0 saturated heterocycles. The van der Waals surface area contributed by atoms with Crippen molar-refractivity contribution in [1.29, 1.82) is 0 Å². The Balaban J connectivity index is 1.84. The molecule has 1 aromatic rings. The van der Waals surface area contributed by atoms with Gasteiger partial charge in [-0.3, -0.25) is 8.37 Å². The maximum atomic E-state index is 12.0. The lowest BCUT2D eigenvalue weighted by Gasteiger charge is -2.30. The summed E-state index contributed by atoms with van der Waals surface area (Å²) >= 11 is 3.58. The zero-order valence-electron chi connectivity index (χ0n) is 12.8. The van der Waals surface area contributed by atoms with Gasteiger partial charge < -0.3 is 4.74 Å². The number of rotatable bonds is 7. The van der Waals surface area contributed by atoms with Crippen LogP contribution < -0.4 is 4.74 Å². The van der Waals surface area contributed by atoms with Crippen molar-refractivity contribution in [2.45, 2.75) is 50.5 Å². The summed E-state index contributed by atoms with van der Waals surface area (Å²) < 4.78 is 63.5. The van der Waals surface area contributed by atoms with Crippen molar-refractivity contribution in [1.82, 2.24) is 0 Å². The molecule has 0 radical (unpaired) electrons. The van der Waals surface area contributed by atoms with Crippen molar-refractivity contribution in [2.24, 2.45) is 0 Å². The Morgan fingerprint density at radius 2 is 1.75 bits per heavy atom. The van der Waals surface area contributed by atoms with Gasteiger partial charge in [0.2, 0.25) is 0 Å². The van der Waals surface area contributed by atoms with E-state index in [0.717, 1.165) is 12.8 Å². The van der Waals surface area contributed by atoms with Crippen LogP contribution in [0.5, 0.6) is 5.75 Å². The van der Waals surface area contributed by atoms with E-state index >= 15 is 0 Å². The van der Waals surface area contributed by atoms with E-state index < -0.39 is 36.7 Å². The summed E-state index contributed by atoms with van der Waals surface area (Å²) in [5.41, 5.74) is 0. The standard InChI is InChI=1S/C15H18ClF3O4S/c16-11-5-7-12(8-6-11)22-13-3-1-2-4-14(13)23-24(20)21-10-9-15(17,18)19/h5-8,13-14H,1-4,9-10H2/t13-,14-,24?/m0/s1. The summed E-state index contributed by atoms with van der Waals surface area (Å²) in [6.07, 6.45) is -3.26. The summed E-state index contributed by atoms with van der Waals surface area (Å²) in [7, 11) is 0. The molecule has 9 heteroatoms. The number of benzene rings is 1. The van der Waals surface area contributed by atoms with Crippen LogP contribution in [0.4, 0.5) is 13.2 Å². The lowest BCUT2D eigenvalue weighted by molar-refractivity contribution is -0.139. The number of alkyl halides is 3. The highest BCUT2D eigenvalue weighted by Gasteiger charge is 2.31. The van der Waals surface area contributed by atoms with E-state index in [9.17, 15) is 17.4 Å². The predicted octanol–water partition coefficient (Wildman–Crippen LogP) is 4.59. The van der Waals surface area contributed by atoms with Gasteiger partial charge in [-0.1, -0.05) is 18.0 Å². The van der Waals surface area contributed by atoms with E-state index in [1.165, 1.54) is 0 Å². The van der Waals surface area contributed by atoms with E-state index in [4.69, 9.17) is 20.5 Å². The maximum absolute atomic E-state index is 12.0. The Bertz CT molecular complexity index is 539. The fraction of sp³-hybridized carbons (Fsp3) is 0.600. The van der Waals surface area contributed by atoms with Crippen LogP contribution in [-0.2, 0) is 19.7 Å². The van der Waals surface area contributed by atoms with Gasteiger partial charge in [0.15, 0.2) is 0 Å². The van der Waals surface area contributed by atoms with Gasteiger partial charge in [0.1, 0.15) is 18.0 Å². The van der Waals surface area contributed by atoms with Gasteiger partial charge in [-0.25, -0.2) is 0 Å².